The maximum Gasteiger partial charge on any atom is 0.220 e. The van der Waals surface area contributed by atoms with Gasteiger partial charge in [-0.3, -0.25) is 4.79 Å². The van der Waals surface area contributed by atoms with Gasteiger partial charge in [-0.2, -0.15) is 0 Å². The molecule has 0 radical (unpaired) electrons. The number of amides is 1. The third-order valence-electron chi connectivity index (χ3n) is 2.66. The second-order valence-corrected chi connectivity index (χ2v) is 6.42. The number of halogens is 2. The molecule has 5 heteroatoms. The fraction of sp³-hybridized carbons (Fsp3) is 0.214. The molecule has 1 aromatic carbocycles. The Morgan fingerprint density at radius 1 is 1.37 bits per heavy atom. The largest absolute Gasteiger partial charge is 0.351 e. The van der Waals surface area contributed by atoms with Crippen molar-refractivity contribution in [1.82, 2.24) is 5.32 Å². The van der Waals surface area contributed by atoms with Crippen LogP contribution in [-0.2, 0) is 17.8 Å². The van der Waals surface area contributed by atoms with Crippen molar-refractivity contribution < 1.29 is 4.79 Å². The van der Waals surface area contributed by atoms with E-state index >= 15 is 0 Å². The summed E-state index contributed by atoms with van der Waals surface area (Å²) in [6, 6.07) is 9.63. The number of aryl methyl sites for hydroxylation is 1. The Morgan fingerprint density at radius 2 is 2.16 bits per heavy atom. The molecule has 0 bridgehead atoms. The molecule has 2 aromatic rings. The SMILES string of the molecule is O=C(CCc1ccccc1Cl)NCc1cc(Br)cs1. The van der Waals surface area contributed by atoms with Crippen LogP contribution in [0.5, 0.6) is 0 Å². The molecule has 0 aliphatic heterocycles. The number of nitrogens with one attached hydrogen (secondary N) is 1. The topological polar surface area (TPSA) is 29.1 Å². The summed E-state index contributed by atoms with van der Waals surface area (Å²) < 4.78 is 1.05. The smallest absolute Gasteiger partial charge is 0.220 e. The minimum absolute atomic E-state index is 0.0458. The summed E-state index contributed by atoms with van der Waals surface area (Å²) in [6.07, 6.45) is 1.12. The Morgan fingerprint density at radius 3 is 2.84 bits per heavy atom. The lowest BCUT2D eigenvalue weighted by molar-refractivity contribution is -0.121. The summed E-state index contributed by atoms with van der Waals surface area (Å²) in [6.45, 7) is 0.581. The number of hydrogen-bond donors (Lipinski definition) is 1. The molecule has 0 aliphatic carbocycles. The van der Waals surface area contributed by atoms with Crippen molar-refractivity contribution in [1.29, 1.82) is 0 Å². The summed E-state index contributed by atoms with van der Waals surface area (Å²) in [5.74, 6) is 0.0458. The highest BCUT2D eigenvalue weighted by atomic mass is 79.9. The highest BCUT2D eigenvalue weighted by molar-refractivity contribution is 9.10. The Bertz CT molecular complexity index is 570. The number of carbonyl (C=O) groups is 1. The summed E-state index contributed by atoms with van der Waals surface area (Å²) >= 11 is 11.1. The van der Waals surface area contributed by atoms with Gasteiger partial charge < -0.3 is 5.32 Å². The van der Waals surface area contributed by atoms with Crippen molar-refractivity contribution >= 4 is 44.8 Å². The Balaban J connectivity index is 1.77. The third kappa shape index (κ3) is 4.64. The molecule has 2 nitrogen and oxygen atoms in total. The van der Waals surface area contributed by atoms with E-state index in [-0.39, 0.29) is 5.91 Å². The van der Waals surface area contributed by atoms with Crippen molar-refractivity contribution in [3.8, 4) is 0 Å². The minimum Gasteiger partial charge on any atom is -0.351 e. The number of thiophene rings is 1. The first kappa shape index (κ1) is 14.6. The Kier molecular flexibility index (Phi) is 5.43. The standard InChI is InChI=1S/C14H13BrClNOS/c15-11-7-12(19-9-11)8-17-14(18)6-5-10-3-1-2-4-13(10)16/h1-4,7,9H,5-6,8H2,(H,17,18). The number of rotatable bonds is 5. The fourth-order valence-electron chi connectivity index (χ4n) is 1.67. The molecule has 1 aromatic heterocycles. The van der Waals surface area contributed by atoms with Crippen LogP contribution in [0.15, 0.2) is 40.2 Å². The summed E-state index contributed by atoms with van der Waals surface area (Å²) in [5.41, 5.74) is 1.01. The minimum atomic E-state index is 0.0458. The van der Waals surface area contributed by atoms with Gasteiger partial charge in [-0.15, -0.1) is 11.3 Å². The number of carbonyl (C=O) groups excluding carboxylic acids is 1. The van der Waals surface area contributed by atoms with Gasteiger partial charge in [-0.05, 0) is 40.0 Å². The Labute approximate surface area is 129 Å². The van der Waals surface area contributed by atoms with E-state index in [1.165, 1.54) is 0 Å². The predicted molar refractivity (Wildman–Crippen MR) is 83.6 cm³/mol. The molecule has 1 amide bonds. The van der Waals surface area contributed by atoms with Crippen LogP contribution in [0.25, 0.3) is 0 Å². The molecule has 1 N–H and O–H groups in total. The zero-order valence-corrected chi connectivity index (χ0v) is 13.3. The van der Waals surface area contributed by atoms with E-state index < -0.39 is 0 Å². The second kappa shape index (κ2) is 7.08. The maximum atomic E-state index is 11.7. The van der Waals surface area contributed by atoms with Gasteiger partial charge in [0.1, 0.15) is 0 Å². The first-order valence-corrected chi connectivity index (χ1v) is 7.93. The maximum absolute atomic E-state index is 11.7. The molecule has 0 spiro atoms. The van der Waals surface area contributed by atoms with Gasteiger partial charge in [0.2, 0.25) is 5.91 Å². The van der Waals surface area contributed by atoms with E-state index in [9.17, 15) is 4.79 Å². The molecule has 0 unspecified atom stereocenters. The second-order valence-electron chi connectivity index (χ2n) is 4.10. The molecule has 0 aliphatic rings. The molecular weight excluding hydrogens is 346 g/mol. The van der Waals surface area contributed by atoms with Gasteiger partial charge in [-0.25, -0.2) is 0 Å². The van der Waals surface area contributed by atoms with Crippen molar-refractivity contribution in [2.75, 3.05) is 0 Å². The molecule has 0 atom stereocenters. The summed E-state index contributed by atoms with van der Waals surface area (Å²) in [7, 11) is 0. The quantitative estimate of drug-likeness (QED) is 0.842. The van der Waals surface area contributed by atoms with Gasteiger partial charge >= 0.3 is 0 Å². The average molecular weight is 359 g/mol. The van der Waals surface area contributed by atoms with Crippen molar-refractivity contribution in [3.05, 3.63) is 55.6 Å². The zero-order valence-electron chi connectivity index (χ0n) is 10.2. The Hall–Kier alpha value is -0.840. The van der Waals surface area contributed by atoms with E-state index in [0.717, 1.165) is 19.9 Å². The van der Waals surface area contributed by atoms with Gasteiger partial charge in [0.15, 0.2) is 0 Å². The van der Waals surface area contributed by atoms with E-state index in [0.29, 0.717) is 19.4 Å². The van der Waals surface area contributed by atoms with Crippen LogP contribution in [-0.4, -0.2) is 5.91 Å². The van der Waals surface area contributed by atoms with E-state index in [2.05, 4.69) is 21.2 Å². The molecule has 100 valence electrons. The van der Waals surface area contributed by atoms with Crippen LogP contribution in [0.1, 0.15) is 16.9 Å². The third-order valence-corrected chi connectivity index (χ3v) is 4.73. The lowest BCUT2D eigenvalue weighted by Gasteiger charge is -2.05. The van der Waals surface area contributed by atoms with Crippen LogP contribution in [0.4, 0.5) is 0 Å². The van der Waals surface area contributed by atoms with Gasteiger partial charge in [-0.1, -0.05) is 29.8 Å². The van der Waals surface area contributed by atoms with Crippen molar-refractivity contribution in [2.45, 2.75) is 19.4 Å². The number of hydrogen-bond acceptors (Lipinski definition) is 2. The van der Waals surface area contributed by atoms with Crippen LogP contribution in [0.2, 0.25) is 5.02 Å². The molecule has 2 rings (SSSR count). The summed E-state index contributed by atoms with van der Waals surface area (Å²) in [4.78, 5) is 12.9. The molecule has 0 saturated heterocycles. The first-order valence-electron chi connectivity index (χ1n) is 5.88. The van der Waals surface area contributed by atoms with Gasteiger partial charge in [0, 0.05) is 26.2 Å². The molecular formula is C14H13BrClNOS. The predicted octanol–water partition coefficient (Wildman–Crippen LogP) is 4.41. The van der Waals surface area contributed by atoms with E-state index in [4.69, 9.17) is 11.6 Å². The van der Waals surface area contributed by atoms with Crippen LogP contribution in [0.3, 0.4) is 0 Å². The monoisotopic (exact) mass is 357 g/mol. The highest BCUT2D eigenvalue weighted by Gasteiger charge is 2.05. The zero-order chi connectivity index (χ0) is 13.7. The van der Waals surface area contributed by atoms with Gasteiger partial charge in [0.25, 0.3) is 0 Å². The molecule has 0 saturated carbocycles. The molecule has 1 heterocycles. The van der Waals surface area contributed by atoms with E-state index in [1.54, 1.807) is 11.3 Å². The molecule has 19 heavy (non-hydrogen) atoms. The lowest BCUT2D eigenvalue weighted by Crippen LogP contribution is -2.22. The first-order chi connectivity index (χ1) is 9.15. The van der Waals surface area contributed by atoms with Crippen LogP contribution >= 0.6 is 38.9 Å². The fourth-order valence-corrected chi connectivity index (χ4v) is 3.29. The highest BCUT2D eigenvalue weighted by Crippen LogP contribution is 2.19. The van der Waals surface area contributed by atoms with Gasteiger partial charge in [0.05, 0.1) is 6.54 Å². The average Bonchev–Trinajstić information content (AvgIpc) is 2.81. The van der Waals surface area contributed by atoms with Crippen LogP contribution < -0.4 is 5.32 Å². The normalized spacial score (nSPS) is 10.4. The van der Waals surface area contributed by atoms with Crippen molar-refractivity contribution in [2.24, 2.45) is 0 Å². The van der Waals surface area contributed by atoms with Crippen molar-refractivity contribution in [3.63, 3.8) is 0 Å². The number of benzene rings is 1. The lowest BCUT2D eigenvalue weighted by atomic mass is 10.1. The van der Waals surface area contributed by atoms with Crippen LogP contribution in [0, 0.1) is 0 Å². The molecule has 0 fully saturated rings. The van der Waals surface area contributed by atoms with E-state index in [1.807, 2.05) is 35.7 Å². The summed E-state index contributed by atoms with van der Waals surface area (Å²) in [5, 5.41) is 5.63.